The Kier molecular flexibility index (Phi) is 9.41. The average molecular weight is 560 g/mol. The molecule has 0 spiro atoms. The van der Waals surface area contributed by atoms with Gasteiger partial charge in [-0.3, -0.25) is 9.47 Å². The lowest BCUT2D eigenvalue weighted by molar-refractivity contribution is 0.110. The zero-order valence-electron chi connectivity index (χ0n) is 23.4. The first-order chi connectivity index (χ1) is 19.4. The van der Waals surface area contributed by atoms with Crippen LogP contribution < -0.4 is 10.2 Å². The van der Waals surface area contributed by atoms with Gasteiger partial charge in [-0.05, 0) is 63.6 Å². The van der Waals surface area contributed by atoms with E-state index in [1.54, 1.807) is 31.2 Å². The standard InChI is InChI=1S/C29H40F3N7O/c1-3-12-38(19-20(2)30)22-10-8-21(9-11-22)18-33-29-35-25(37-13-15-40-16-14-37)17-26(36-29)39-24-7-5-4-6-23(24)34-28(39)27(31)32/h4-7,17,20-22,27H,3,8-16,18-19H2,1-2H3,(H,33,35,36)/t20?,21-,22-. The highest BCUT2D eigenvalue weighted by molar-refractivity contribution is 5.78. The second kappa shape index (κ2) is 13.2. The molecule has 1 aliphatic heterocycles. The number of halogens is 3. The van der Waals surface area contributed by atoms with E-state index in [1.165, 1.54) is 4.57 Å². The molecule has 0 radical (unpaired) electrons. The van der Waals surface area contributed by atoms with E-state index < -0.39 is 12.6 Å². The highest BCUT2D eigenvalue weighted by atomic mass is 19.3. The molecule has 11 heteroatoms. The SMILES string of the molecule is CCCN(CC(C)F)[C@H]1CC[C@H](CNc2nc(N3CCOCC3)cc(-n3c(C(F)F)nc4ccccc43)n2)CC1. The van der Waals surface area contributed by atoms with E-state index in [2.05, 4.69) is 27.0 Å². The van der Waals surface area contributed by atoms with Crippen LogP contribution in [-0.2, 0) is 4.74 Å². The number of nitrogens with zero attached hydrogens (tertiary/aromatic N) is 6. The van der Waals surface area contributed by atoms with Crippen LogP contribution in [0, 0.1) is 5.92 Å². The van der Waals surface area contributed by atoms with Crippen molar-refractivity contribution >= 4 is 22.8 Å². The quantitative estimate of drug-likeness (QED) is 0.327. The second-order valence-electron chi connectivity index (χ2n) is 10.9. The van der Waals surface area contributed by atoms with Crippen LogP contribution in [0.4, 0.5) is 24.9 Å². The van der Waals surface area contributed by atoms with Crippen molar-refractivity contribution in [2.75, 3.05) is 56.2 Å². The molecular weight excluding hydrogens is 519 g/mol. The molecule has 0 bridgehead atoms. The number of fused-ring (bicyclic) bond motifs is 1. The monoisotopic (exact) mass is 559 g/mol. The third-order valence-corrected chi connectivity index (χ3v) is 7.92. The summed E-state index contributed by atoms with van der Waals surface area (Å²) in [4.78, 5) is 18.1. The van der Waals surface area contributed by atoms with E-state index in [0.29, 0.717) is 80.0 Å². The number of rotatable bonds is 11. The first-order valence-corrected chi connectivity index (χ1v) is 14.5. The van der Waals surface area contributed by atoms with Crippen LogP contribution in [0.2, 0.25) is 0 Å². The smallest absolute Gasteiger partial charge is 0.296 e. The molecule has 2 fully saturated rings. The molecule has 2 aliphatic rings. The van der Waals surface area contributed by atoms with Gasteiger partial charge in [-0.15, -0.1) is 0 Å². The summed E-state index contributed by atoms with van der Waals surface area (Å²) in [7, 11) is 0. The van der Waals surface area contributed by atoms with Gasteiger partial charge >= 0.3 is 0 Å². The fraction of sp³-hybridized carbons (Fsp3) is 0.621. The summed E-state index contributed by atoms with van der Waals surface area (Å²) < 4.78 is 48.9. The van der Waals surface area contributed by atoms with Gasteiger partial charge in [0.2, 0.25) is 5.95 Å². The van der Waals surface area contributed by atoms with Crippen LogP contribution in [0.25, 0.3) is 16.9 Å². The zero-order valence-corrected chi connectivity index (χ0v) is 23.4. The van der Waals surface area contributed by atoms with E-state index >= 15 is 0 Å². The molecule has 40 heavy (non-hydrogen) atoms. The first kappa shape index (κ1) is 28.6. The van der Waals surface area contributed by atoms with Gasteiger partial charge in [0, 0.05) is 38.3 Å². The Hall–Kier alpha value is -2.92. The zero-order chi connectivity index (χ0) is 28.1. The van der Waals surface area contributed by atoms with Crippen LogP contribution in [0.1, 0.15) is 58.2 Å². The van der Waals surface area contributed by atoms with Gasteiger partial charge < -0.3 is 15.0 Å². The number of anilines is 2. The molecule has 3 heterocycles. The van der Waals surface area contributed by atoms with Gasteiger partial charge in [0.25, 0.3) is 6.43 Å². The number of alkyl halides is 3. The Balaban J connectivity index is 1.36. The van der Waals surface area contributed by atoms with Gasteiger partial charge in [0.15, 0.2) is 5.82 Å². The van der Waals surface area contributed by atoms with Crippen molar-refractivity contribution in [1.29, 1.82) is 0 Å². The lowest BCUT2D eigenvalue weighted by Crippen LogP contribution is -2.42. The topological polar surface area (TPSA) is 71.3 Å². The molecule has 1 atom stereocenters. The highest BCUT2D eigenvalue weighted by Crippen LogP contribution is 2.31. The fourth-order valence-corrected chi connectivity index (χ4v) is 5.98. The maximum Gasteiger partial charge on any atom is 0.296 e. The van der Waals surface area contributed by atoms with E-state index in [4.69, 9.17) is 14.7 Å². The lowest BCUT2D eigenvalue weighted by Gasteiger charge is -2.37. The van der Waals surface area contributed by atoms with E-state index in [0.717, 1.165) is 38.6 Å². The first-order valence-electron chi connectivity index (χ1n) is 14.5. The van der Waals surface area contributed by atoms with Crippen molar-refractivity contribution in [3.05, 3.63) is 36.2 Å². The minimum absolute atomic E-state index is 0.337. The van der Waals surface area contributed by atoms with Gasteiger partial charge in [-0.2, -0.15) is 9.97 Å². The van der Waals surface area contributed by atoms with Crippen LogP contribution in [0.15, 0.2) is 30.3 Å². The number of ether oxygens (including phenoxy) is 1. The summed E-state index contributed by atoms with van der Waals surface area (Å²) in [6, 6.07) is 9.29. The number of hydrogen-bond acceptors (Lipinski definition) is 7. The number of hydrogen-bond donors (Lipinski definition) is 1. The third-order valence-electron chi connectivity index (χ3n) is 7.92. The second-order valence-corrected chi connectivity index (χ2v) is 10.9. The number of aromatic nitrogens is 4. The van der Waals surface area contributed by atoms with Gasteiger partial charge in [0.1, 0.15) is 17.8 Å². The van der Waals surface area contributed by atoms with Crippen LogP contribution in [0.5, 0.6) is 0 Å². The van der Waals surface area contributed by atoms with Crippen LogP contribution in [0.3, 0.4) is 0 Å². The lowest BCUT2D eigenvalue weighted by atomic mass is 9.85. The number of benzene rings is 1. The molecule has 218 valence electrons. The van der Waals surface area contributed by atoms with Crippen molar-refractivity contribution in [2.45, 2.75) is 64.6 Å². The van der Waals surface area contributed by atoms with Gasteiger partial charge in [0.05, 0.1) is 24.2 Å². The molecular formula is C29H40F3N7O. The van der Waals surface area contributed by atoms with Crippen LogP contribution >= 0.6 is 0 Å². The summed E-state index contributed by atoms with van der Waals surface area (Å²) in [6.45, 7) is 8.38. The molecule has 8 nitrogen and oxygen atoms in total. The minimum atomic E-state index is -2.76. The number of para-hydroxylation sites is 2. The normalized spacial score (nSPS) is 20.9. The average Bonchev–Trinajstić information content (AvgIpc) is 3.37. The van der Waals surface area contributed by atoms with Crippen LogP contribution in [-0.4, -0.2) is 82.6 Å². The molecule has 1 aromatic carbocycles. The molecule has 2 aromatic heterocycles. The minimum Gasteiger partial charge on any atom is -0.378 e. The number of nitrogens with one attached hydrogen (secondary N) is 1. The Bertz CT molecular complexity index is 1240. The third kappa shape index (κ3) is 6.68. The maximum atomic E-state index is 14.1. The van der Waals surface area contributed by atoms with E-state index in [-0.39, 0.29) is 5.82 Å². The number of morpholine rings is 1. The number of imidazole rings is 1. The van der Waals surface area contributed by atoms with E-state index in [9.17, 15) is 13.2 Å². The summed E-state index contributed by atoms with van der Waals surface area (Å²) in [5, 5.41) is 3.42. The molecule has 0 amide bonds. The molecule has 1 N–H and O–H groups in total. The Morgan fingerprint density at radius 1 is 1.02 bits per heavy atom. The molecule has 5 rings (SSSR count). The van der Waals surface area contributed by atoms with Crippen molar-refractivity contribution in [3.8, 4) is 5.82 Å². The Morgan fingerprint density at radius 3 is 2.45 bits per heavy atom. The highest BCUT2D eigenvalue weighted by Gasteiger charge is 2.27. The summed E-state index contributed by atoms with van der Waals surface area (Å²) in [5.74, 6) is 1.55. The van der Waals surface area contributed by atoms with Crippen molar-refractivity contribution in [1.82, 2.24) is 24.4 Å². The fourth-order valence-electron chi connectivity index (χ4n) is 5.98. The molecule has 1 saturated carbocycles. The molecule has 1 aliphatic carbocycles. The Morgan fingerprint density at radius 2 is 1.75 bits per heavy atom. The van der Waals surface area contributed by atoms with E-state index in [1.807, 2.05) is 6.07 Å². The predicted octanol–water partition coefficient (Wildman–Crippen LogP) is 5.63. The van der Waals surface area contributed by atoms with Gasteiger partial charge in [-0.25, -0.2) is 18.2 Å². The molecule has 3 aromatic rings. The Labute approximate surface area is 233 Å². The summed E-state index contributed by atoms with van der Waals surface area (Å²) >= 11 is 0. The van der Waals surface area contributed by atoms with Crippen molar-refractivity contribution in [3.63, 3.8) is 0 Å². The summed E-state index contributed by atoms with van der Waals surface area (Å²) in [6.07, 6.45) is 1.59. The van der Waals surface area contributed by atoms with Crippen molar-refractivity contribution in [2.24, 2.45) is 5.92 Å². The maximum absolute atomic E-state index is 14.1. The molecule has 1 saturated heterocycles. The van der Waals surface area contributed by atoms with Crippen molar-refractivity contribution < 1.29 is 17.9 Å². The van der Waals surface area contributed by atoms with Gasteiger partial charge in [-0.1, -0.05) is 19.1 Å². The molecule has 1 unspecified atom stereocenters. The largest absolute Gasteiger partial charge is 0.378 e. The summed E-state index contributed by atoms with van der Waals surface area (Å²) in [5.41, 5.74) is 1.07. The predicted molar refractivity (Wildman–Crippen MR) is 151 cm³/mol.